The summed E-state index contributed by atoms with van der Waals surface area (Å²) < 4.78 is 5.24. The maximum atomic E-state index is 13.0. The van der Waals surface area contributed by atoms with Crippen LogP contribution in [0.4, 0.5) is 11.4 Å². The van der Waals surface area contributed by atoms with E-state index in [1.54, 1.807) is 47.6 Å². The Bertz CT molecular complexity index is 1200. The first-order valence-corrected chi connectivity index (χ1v) is 11.2. The molecule has 1 atom stereocenters. The fraction of sp³-hybridized carbons (Fsp3) is 0.269. The molecule has 2 aromatic carbocycles. The fourth-order valence-electron chi connectivity index (χ4n) is 4.56. The van der Waals surface area contributed by atoms with Gasteiger partial charge < -0.3 is 20.0 Å². The molecule has 2 aliphatic rings. The minimum Gasteiger partial charge on any atom is -0.467 e. The van der Waals surface area contributed by atoms with E-state index in [1.165, 1.54) is 11.1 Å². The Labute approximate surface area is 191 Å². The Kier molecular flexibility index (Phi) is 5.69. The lowest BCUT2D eigenvalue weighted by Crippen LogP contribution is -2.29. The second-order valence-electron chi connectivity index (χ2n) is 8.51. The van der Waals surface area contributed by atoms with Crippen LogP contribution in [0.15, 0.2) is 65.3 Å². The van der Waals surface area contributed by atoms with Crippen molar-refractivity contribution in [2.75, 3.05) is 16.8 Å². The smallest absolute Gasteiger partial charge is 0.253 e. The van der Waals surface area contributed by atoms with Gasteiger partial charge in [0.15, 0.2) is 0 Å². The van der Waals surface area contributed by atoms with Gasteiger partial charge in [0.2, 0.25) is 11.8 Å². The van der Waals surface area contributed by atoms with Crippen molar-refractivity contribution in [3.8, 4) is 0 Å². The maximum Gasteiger partial charge on any atom is 0.253 e. The van der Waals surface area contributed by atoms with Crippen molar-refractivity contribution in [3.63, 3.8) is 0 Å². The second kappa shape index (κ2) is 8.94. The molecule has 0 saturated carbocycles. The number of carbonyl (C=O) groups excluding carboxylic acids is 3. The number of anilines is 2. The highest BCUT2D eigenvalue weighted by Crippen LogP contribution is 2.31. The summed E-state index contributed by atoms with van der Waals surface area (Å²) in [4.78, 5) is 40.1. The summed E-state index contributed by atoms with van der Waals surface area (Å²) >= 11 is 0. The lowest BCUT2D eigenvalue weighted by molar-refractivity contribution is -0.122. The number of aryl methyl sites for hydroxylation is 2. The number of rotatable bonds is 6. The largest absolute Gasteiger partial charge is 0.467 e. The number of nitrogens with zero attached hydrogens (tertiary/aromatic N) is 1. The molecule has 1 fully saturated rings. The Morgan fingerprint density at radius 2 is 1.88 bits per heavy atom. The van der Waals surface area contributed by atoms with Crippen molar-refractivity contribution in [2.45, 2.75) is 32.2 Å². The SMILES string of the molecule is O=C(NCc1ccco1)c1ccccc1NC(=O)C1CC(=O)N(c2ccc3c(c2)CCC3)C1. The summed E-state index contributed by atoms with van der Waals surface area (Å²) in [5, 5.41) is 5.65. The van der Waals surface area contributed by atoms with Gasteiger partial charge in [-0.15, -0.1) is 0 Å². The highest BCUT2D eigenvalue weighted by Gasteiger charge is 2.35. The average Bonchev–Trinajstić information content (AvgIpc) is 3.58. The highest BCUT2D eigenvalue weighted by molar-refractivity contribution is 6.07. The zero-order valence-electron chi connectivity index (χ0n) is 18.2. The lowest BCUT2D eigenvalue weighted by atomic mass is 10.1. The molecule has 1 unspecified atom stereocenters. The fourth-order valence-corrected chi connectivity index (χ4v) is 4.56. The van der Waals surface area contributed by atoms with Gasteiger partial charge in [-0.05, 0) is 66.8 Å². The molecule has 0 spiro atoms. The molecule has 0 radical (unpaired) electrons. The average molecular weight is 444 g/mol. The van der Waals surface area contributed by atoms with Gasteiger partial charge in [0.05, 0.1) is 30.0 Å². The predicted molar refractivity (Wildman–Crippen MR) is 124 cm³/mol. The number of benzene rings is 2. The van der Waals surface area contributed by atoms with Gasteiger partial charge in [0.25, 0.3) is 5.91 Å². The summed E-state index contributed by atoms with van der Waals surface area (Å²) in [7, 11) is 0. The number of nitrogens with one attached hydrogen (secondary N) is 2. The van der Waals surface area contributed by atoms with E-state index >= 15 is 0 Å². The number of hydrogen-bond donors (Lipinski definition) is 2. The Morgan fingerprint density at radius 1 is 1.03 bits per heavy atom. The lowest BCUT2D eigenvalue weighted by Gasteiger charge is -2.18. The molecule has 3 aromatic rings. The first kappa shape index (κ1) is 21.0. The zero-order valence-corrected chi connectivity index (χ0v) is 18.2. The Balaban J connectivity index is 1.25. The molecule has 33 heavy (non-hydrogen) atoms. The van der Waals surface area contributed by atoms with Gasteiger partial charge in [-0.1, -0.05) is 18.2 Å². The normalized spacial score (nSPS) is 17.2. The van der Waals surface area contributed by atoms with Crippen LogP contribution in [0.5, 0.6) is 0 Å². The van der Waals surface area contributed by atoms with Crippen molar-refractivity contribution >= 4 is 29.1 Å². The van der Waals surface area contributed by atoms with E-state index in [9.17, 15) is 14.4 Å². The summed E-state index contributed by atoms with van der Waals surface area (Å²) in [6, 6.07) is 16.5. The van der Waals surface area contributed by atoms with E-state index in [4.69, 9.17) is 4.42 Å². The maximum absolute atomic E-state index is 13.0. The second-order valence-corrected chi connectivity index (χ2v) is 8.51. The van der Waals surface area contributed by atoms with Gasteiger partial charge in [0, 0.05) is 18.7 Å². The van der Waals surface area contributed by atoms with E-state index < -0.39 is 5.92 Å². The molecule has 7 nitrogen and oxygen atoms in total. The molecule has 2 N–H and O–H groups in total. The van der Waals surface area contributed by atoms with Gasteiger partial charge in [-0.25, -0.2) is 0 Å². The van der Waals surface area contributed by atoms with E-state index in [0.717, 1.165) is 24.9 Å². The molecule has 1 aliphatic carbocycles. The molecule has 5 rings (SSSR count). The number of hydrogen-bond acceptors (Lipinski definition) is 4. The summed E-state index contributed by atoms with van der Waals surface area (Å²) in [6.45, 7) is 0.581. The van der Waals surface area contributed by atoms with Crippen molar-refractivity contribution < 1.29 is 18.8 Å². The number of fused-ring (bicyclic) bond motifs is 1. The van der Waals surface area contributed by atoms with Crippen LogP contribution in [0.3, 0.4) is 0 Å². The van der Waals surface area contributed by atoms with Crippen LogP contribution < -0.4 is 15.5 Å². The number of carbonyl (C=O) groups is 3. The van der Waals surface area contributed by atoms with Crippen molar-refractivity contribution in [1.29, 1.82) is 0 Å². The van der Waals surface area contributed by atoms with E-state index in [0.29, 0.717) is 23.6 Å². The Hall–Kier alpha value is -3.87. The molecule has 2 heterocycles. The van der Waals surface area contributed by atoms with Gasteiger partial charge in [0.1, 0.15) is 5.76 Å². The first-order valence-electron chi connectivity index (χ1n) is 11.2. The van der Waals surface area contributed by atoms with Crippen molar-refractivity contribution in [2.24, 2.45) is 5.92 Å². The Morgan fingerprint density at radius 3 is 2.73 bits per heavy atom. The van der Waals surface area contributed by atoms with E-state index in [-0.39, 0.29) is 30.7 Å². The van der Waals surface area contributed by atoms with Crippen LogP contribution >= 0.6 is 0 Å². The molecule has 0 bridgehead atoms. The number of para-hydroxylation sites is 1. The summed E-state index contributed by atoms with van der Waals surface area (Å²) in [5.74, 6) is -0.480. The van der Waals surface area contributed by atoms with E-state index in [2.05, 4.69) is 22.8 Å². The molecule has 7 heteroatoms. The molecule has 1 saturated heterocycles. The third kappa shape index (κ3) is 4.39. The third-order valence-corrected chi connectivity index (χ3v) is 6.32. The molecule has 168 valence electrons. The van der Waals surface area contributed by atoms with Crippen LogP contribution in [0.1, 0.15) is 40.1 Å². The van der Waals surface area contributed by atoms with Crippen LogP contribution in [0.25, 0.3) is 0 Å². The minimum absolute atomic E-state index is 0.0578. The van der Waals surface area contributed by atoms with Crippen molar-refractivity contribution in [3.05, 3.63) is 83.3 Å². The van der Waals surface area contributed by atoms with Gasteiger partial charge >= 0.3 is 0 Å². The van der Waals surface area contributed by atoms with Gasteiger partial charge in [-0.2, -0.15) is 0 Å². The van der Waals surface area contributed by atoms with Crippen LogP contribution in [0, 0.1) is 5.92 Å². The molecular weight excluding hydrogens is 418 g/mol. The van der Waals surface area contributed by atoms with E-state index in [1.807, 2.05) is 6.07 Å². The van der Waals surface area contributed by atoms with Crippen LogP contribution in [0.2, 0.25) is 0 Å². The van der Waals surface area contributed by atoms with Gasteiger partial charge in [-0.3, -0.25) is 14.4 Å². The zero-order chi connectivity index (χ0) is 22.8. The van der Waals surface area contributed by atoms with Crippen LogP contribution in [-0.2, 0) is 29.0 Å². The summed E-state index contributed by atoms with van der Waals surface area (Å²) in [6.07, 6.45) is 4.96. The molecule has 3 amide bonds. The highest BCUT2D eigenvalue weighted by atomic mass is 16.3. The molecule has 1 aliphatic heterocycles. The quantitative estimate of drug-likeness (QED) is 0.608. The topological polar surface area (TPSA) is 91.6 Å². The standard InChI is InChI=1S/C26H25N3O4/c30-24-14-19(16-29(24)20-11-10-17-5-3-6-18(17)13-20)25(31)28-23-9-2-1-8-22(23)26(32)27-15-21-7-4-12-33-21/h1-2,4,7-13,19H,3,5-6,14-16H2,(H,27,32)(H,28,31). The number of furan rings is 1. The predicted octanol–water partition coefficient (Wildman–Crippen LogP) is 3.69. The summed E-state index contributed by atoms with van der Waals surface area (Å²) in [5.41, 5.74) is 4.28. The molecule has 1 aromatic heterocycles. The van der Waals surface area contributed by atoms with Crippen molar-refractivity contribution in [1.82, 2.24) is 5.32 Å². The monoisotopic (exact) mass is 443 g/mol. The third-order valence-electron chi connectivity index (χ3n) is 6.32. The van der Waals surface area contributed by atoms with Crippen LogP contribution in [-0.4, -0.2) is 24.3 Å². The minimum atomic E-state index is -0.481. The first-order chi connectivity index (χ1) is 16.1. The number of amides is 3. The molecular formula is C26H25N3O4.